The van der Waals surface area contributed by atoms with Crippen LogP contribution in [0.3, 0.4) is 0 Å². The van der Waals surface area contributed by atoms with E-state index in [1.165, 1.54) is 12.1 Å². The molecule has 0 atom stereocenters. The van der Waals surface area contributed by atoms with Gasteiger partial charge in [0.25, 0.3) is 5.56 Å². The van der Waals surface area contributed by atoms with Crippen molar-refractivity contribution in [3.8, 4) is 0 Å². The molecule has 3 nitrogen and oxygen atoms in total. The summed E-state index contributed by atoms with van der Waals surface area (Å²) in [7, 11) is 0. The van der Waals surface area contributed by atoms with Gasteiger partial charge in [-0.2, -0.15) is 0 Å². The summed E-state index contributed by atoms with van der Waals surface area (Å²) in [4.78, 5) is 17.7. The second kappa shape index (κ2) is 3.42. The SMILES string of the molecule is O=c1[nH]c(Cl)nc2c(Cl)cc(Cl)cc12. The van der Waals surface area contributed by atoms with E-state index < -0.39 is 0 Å². The maximum Gasteiger partial charge on any atom is 0.259 e. The number of H-pyrrole nitrogens is 1. The van der Waals surface area contributed by atoms with Gasteiger partial charge in [-0.1, -0.05) is 23.2 Å². The lowest BCUT2D eigenvalue weighted by atomic mass is 10.2. The minimum atomic E-state index is -0.357. The van der Waals surface area contributed by atoms with Gasteiger partial charge in [0.05, 0.1) is 15.9 Å². The van der Waals surface area contributed by atoms with E-state index in [4.69, 9.17) is 34.8 Å². The first-order valence-electron chi connectivity index (χ1n) is 3.62. The van der Waals surface area contributed by atoms with E-state index in [-0.39, 0.29) is 10.8 Å². The average Bonchev–Trinajstić information content (AvgIpc) is 2.07. The van der Waals surface area contributed by atoms with Crippen LogP contribution in [0.4, 0.5) is 0 Å². The topological polar surface area (TPSA) is 45.8 Å². The Labute approximate surface area is 93.6 Å². The van der Waals surface area contributed by atoms with Crippen molar-refractivity contribution in [1.82, 2.24) is 9.97 Å². The number of rotatable bonds is 0. The summed E-state index contributed by atoms with van der Waals surface area (Å²) in [5.74, 6) is 0. The molecular formula is C8H3Cl3N2O. The van der Waals surface area contributed by atoms with Crippen LogP contribution in [-0.2, 0) is 0 Å². The van der Waals surface area contributed by atoms with Crippen LogP contribution in [0.15, 0.2) is 16.9 Å². The summed E-state index contributed by atoms with van der Waals surface area (Å²) in [6, 6.07) is 3.00. The Kier molecular flexibility index (Phi) is 2.39. The smallest absolute Gasteiger partial charge is 0.259 e. The maximum atomic E-state index is 11.4. The van der Waals surface area contributed by atoms with Gasteiger partial charge >= 0.3 is 0 Å². The zero-order valence-electron chi connectivity index (χ0n) is 6.64. The first-order valence-corrected chi connectivity index (χ1v) is 4.76. The molecule has 0 bridgehead atoms. The lowest BCUT2D eigenvalue weighted by molar-refractivity contribution is 1.17. The molecule has 1 N–H and O–H groups in total. The van der Waals surface area contributed by atoms with Crippen molar-refractivity contribution in [2.24, 2.45) is 0 Å². The van der Waals surface area contributed by atoms with Crippen molar-refractivity contribution in [3.63, 3.8) is 0 Å². The molecule has 2 rings (SSSR count). The predicted octanol–water partition coefficient (Wildman–Crippen LogP) is 2.88. The number of halogens is 3. The summed E-state index contributed by atoms with van der Waals surface area (Å²) in [6.45, 7) is 0. The normalized spacial score (nSPS) is 10.8. The monoisotopic (exact) mass is 248 g/mol. The van der Waals surface area contributed by atoms with Crippen molar-refractivity contribution in [2.75, 3.05) is 0 Å². The van der Waals surface area contributed by atoms with Crippen LogP contribution in [0.2, 0.25) is 15.3 Å². The van der Waals surface area contributed by atoms with Crippen LogP contribution >= 0.6 is 34.8 Å². The van der Waals surface area contributed by atoms with Crippen molar-refractivity contribution in [1.29, 1.82) is 0 Å². The molecule has 0 aliphatic rings. The number of aromatic nitrogens is 2. The fourth-order valence-electron chi connectivity index (χ4n) is 1.14. The Morgan fingerprint density at radius 2 is 1.93 bits per heavy atom. The lowest BCUT2D eigenvalue weighted by Gasteiger charge is -2.00. The lowest BCUT2D eigenvalue weighted by Crippen LogP contribution is -2.07. The van der Waals surface area contributed by atoms with E-state index in [1.54, 1.807) is 0 Å². The molecule has 0 fully saturated rings. The average molecular weight is 249 g/mol. The van der Waals surface area contributed by atoms with Gasteiger partial charge < -0.3 is 0 Å². The maximum absolute atomic E-state index is 11.4. The molecule has 2 aromatic rings. The van der Waals surface area contributed by atoms with Crippen LogP contribution in [0.1, 0.15) is 0 Å². The Morgan fingerprint density at radius 3 is 2.64 bits per heavy atom. The first-order chi connectivity index (χ1) is 6.58. The fraction of sp³-hybridized carbons (Fsp3) is 0. The zero-order chi connectivity index (χ0) is 10.3. The fourth-order valence-corrected chi connectivity index (χ4v) is 1.85. The second-order valence-electron chi connectivity index (χ2n) is 2.64. The number of fused-ring (bicyclic) bond motifs is 1. The van der Waals surface area contributed by atoms with Gasteiger partial charge in [0.1, 0.15) is 0 Å². The van der Waals surface area contributed by atoms with E-state index in [0.717, 1.165) is 0 Å². The summed E-state index contributed by atoms with van der Waals surface area (Å²) < 4.78 is 0. The molecule has 1 aromatic heterocycles. The minimum Gasteiger partial charge on any atom is -0.297 e. The van der Waals surface area contributed by atoms with Crippen molar-refractivity contribution >= 4 is 45.7 Å². The molecule has 0 saturated carbocycles. The van der Waals surface area contributed by atoms with Gasteiger partial charge in [-0.25, -0.2) is 4.98 Å². The molecule has 1 heterocycles. The van der Waals surface area contributed by atoms with E-state index in [0.29, 0.717) is 20.9 Å². The summed E-state index contributed by atoms with van der Waals surface area (Å²) in [5.41, 5.74) is -0.00535. The molecule has 0 aliphatic heterocycles. The van der Waals surface area contributed by atoms with Crippen molar-refractivity contribution < 1.29 is 0 Å². The van der Waals surface area contributed by atoms with Crippen LogP contribution in [0, 0.1) is 0 Å². The molecule has 0 aliphatic carbocycles. The van der Waals surface area contributed by atoms with Crippen LogP contribution in [0.25, 0.3) is 10.9 Å². The molecule has 6 heteroatoms. The Morgan fingerprint density at radius 1 is 1.21 bits per heavy atom. The summed E-state index contributed by atoms with van der Waals surface area (Å²) in [6.07, 6.45) is 0. The highest BCUT2D eigenvalue weighted by Gasteiger charge is 2.07. The highest BCUT2D eigenvalue weighted by Crippen LogP contribution is 2.24. The second-order valence-corrected chi connectivity index (χ2v) is 3.84. The number of nitrogens with zero attached hydrogens (tertiary/aromatic N) is 1. The molecule has 0 unspecified atom stereocenters. The van der Waals surface area contributed by atoms with Crippen LogP contribution < -0.4 is 5.56 Å². The molecular weight excluding hydrogens is 246 g/mol. The van der Waals surface area contributed by atoms with Gasteiger partial charge in [-0.3, -0.25) is 9.78 Å². The molecule has 14 heavy (non-hydrogen) atoms. The Balaban J connectivity index is 3.02. The van der Waals surface area contributed by atoms with E-state index in [9.17, 15) is 4.79 Å². The van der Waals surface area contributed by atoms with Crippen molar-refractivity contribution in [3.05, 3.63) is 37.8 Å². The number of benzene rings is 1. The molecule has 0 amide bonds. The first kappa shape index (κ1) is 9.77. The van der Waals surface area contributed by atoms with Crippen LogP contribution in [-0.4, -0.2) is 9.97 Å². The third kappa shape index (κ3) is 1.59. The largest absolute Gasteiger partial charge is 0.297 e. The molecule has 72 valence electrons. The van der Waals surface area contributed by atoms with Crippen LogP contribution in [0.5, 0.6) is 0 Å². The third-order valence-electron chi connectivity index (χ3n) is 1.70. The van der Waals surface area contributed by atoms with Crippen molar-refractivity contribution in [2.45, 2.75) is 0 Å². The summed E-state index contributed by atoms with van der Waals surface area (Å²) >= 11 is 17.2. The van der Waals surface area contributed by atoms with E-state index in [1.807, 2.05) is 0 Å². The van der Waals surface area contributed by atoms with Gasteiger partial charge in [0, 0.05) is 5.02 Å². The molecule has 0 radical (unpaired) electrons. The molecule has 0 saturated heterocycles. The van der Waals surface area contributed by atoms with E-state index >= 15 is 0 Å². The molecule has 0 spiro atoms. The van der Waals surface area contributed by atoms with Gasteiger partial charge in [-0.05, 0) is 23.7 Å². The number of nitrogens with one attached hydrogen (secondary N) is 1. The highest BCUT2D eigenvalue weighted by molar-refractivity contribution is 6.38. The standard InChI is InChI=1S/C8H3Cl3N2O/c9-3-1-4-6(5(10)2-3)12-8(11)13-7(4)14/h1-2H,(H,12,13,14). The summed E-state index contributed by atoms with van der Waals surface area (Å²) in [5, 5.41) is 1.02. The van der Waals surface area contributed by atoms with Gasteiger partial charge in [0.2, 0.25) is 5.28 Å². The van der Waals surface area contributed by atoms with Gasteiger partial charge in [-0.15, -0.1) is 0 Å². The number of hydrogen-bond donors (Lipinski definition) is 1. The Bertz CT molecular complexity index is 564. The zero-order valence-corrected chi connectivity index (χ0v) is 8.91. The van der Waals surface area contributed by atoms with E-state index in [2.05, 4.69) is 9.97 Å². The quantitative estimate of drug-likeness (QED) is 0.730. The van der Waals surface area contributed by atoms with Gasteiger partial charge in [0.15, 0.2) is 0 Å². The molecule has 1 aromatic carbocycles. The third-order valence-corrected chi connectivity index (χ3v) is 2.38. The number of hydrogen-bond acceptors (Lipinski definition) is 2. The number of aromatic amines is 1. The minimum absolute atomic E-state index is 0.00622. The predicted molar refractivity (Wildman–Crippen MR) is 57.4 cm³/mol. The highest BCUT2D eigenvalue weighted by atomic mass is 35.5. The Hall–Kier alpha value is -0.770.